The summed E-state index contributed by atoms with van der Waals surface area (Å²) in [6, 6.07) is 11.9. The van der Waals surface area contributed by atoms with E-state index in [0.717, 1.165) is 78.2 Å². The third kappa shape index (κ3) is 6.48. The Morgan fingerprint density at radius 1 is 0.909 bits per heavy atom. The lowest BCUT2D eigenvalue weighted by atomic mass is 9.58. The molecule has 12 rings (SSSR count). The average molecular weight is 858 g/mol. The highest BCUT2D eigenvalue weighted by molar-refractivity contribution is 6.12. The van der Waals surface area contributed by atoms with Gasteiger partial charge in [0.25, 0.3) is 0 Å². The fourth-order valence-electron chi connectivity index (χ4n) is 12.4. The third-order valence-corrected chi connectivity index (χ3v) is 15.5. The number of nitrogens with one attached hydrogen (secondary N) is 1. The summed E-state index contributed by atoms with van der Waals surface area (Å²) in [6.07, 6.45) is 55.4. The van der Waals surface area contributed by atoms with E-state index >= 15 is 0 Å². The minimum atomic E-state index is -0.249. The summed E-state index contributed by atoms with van der Waals surface area (Å²) in [5.41, 5.74) is 19.9. The number of hydrogen-bond donors (Lipinski definition) is 1. The van der Waals surface area contributed by atoms with Crippen molar-refractivity contribution in [1.29, 1.82) is 0 Å². The van der Waals surface area contributed by atoms with Crippen molar-refractivity contribution in [2.75, 3.05) is 0 Å². The van der Waals surface area contributed by atoms with Gasteiger partial charge in [0.2, 0.25) is 0 Å². The van der Waals surface area contributed by atoms with Crippen molar-refractivity contribution in [3.05, 3.63) is 243 Å². The molecule has 1 N–H and O–H groups in total. The van der Waals surface area contributed by atoms with E-state index in [9.17, 15) is 0 Å². The Morgan fingerprint density at radius 2 is 1.76 bits per heavy atom. The van der Waals surface area contributed by atoms with Crippen molar-refractivity contribution in [2.45, 2.75) is 63.8 Å². The lowest BCUT2D eigenvalue weighted by Crippen LogP contribution is -2.48. The van der Waals surface area contributed by atoms with E-state index in [1.165, 1.54) is 61.4 Å². The summed E-state index contributed by atoms with van der Waals surface area (Å²) in [6.45, 7) is 12.8. The molecule has 4 nitrogen and oxygen atoms in total. The Hall–Kier alpha value is -7.04. The van der Waals surface area contributed by atoms with Gasteiger partial charge >= 0.3 is 0 Å². The third-order valence-electron chi connectivity index (χ3n) is 15.5. The fraction of sp³-hybridized carbons (Fsp3) is 0.226. The lowest BCUT2D eigenvalue weighted by molar-refractivity contribution is 0.244. The van der Waals surface area contributed by atoms with E-state index in [1.54, 1.807) is 6.08 Å². The summed E-state index contributed by atoms with van der Waals surface area (Å²) < 4.78 is 6.87. The number of aryl methyl sites for hydroxylation is 1. The van der Waals surface area contributed by atoms with Gasteiger partial charge in [-0.15, -0.1) is 0 Å². The van der Waals surface area contributed by atoms with Gasteiger partial charge in [0.15, 0.2) is 0 Å². The van der Waals surface area contributed by atoms with Crippen molar-refractivity contribution >= 4 is 40.8 Å². The monoisotopic (exact) mass is 857 g/mol. The zero-order valence-electron chi connectivity index (χ0n) is 37.9. The quantitative estimate of drug-likeness (QED) is 0.251. The molecule has 0 saturated carbocycles. The first-order valence-corrected chi connectivity index (χ1v) is 24.0. The van der Waals surface area contributed by atoms with Crippen molar-refractivity contribution in [2.24, 2.45) is 28.7 Å². The maximum absolute atomic E-state index is 6.87. The van der Waals surface area contributed by atoms with Crippen LogP contribution in [-0.4, -0.2) is 10.7 Å². The van der Waals surface area contributed by atoms with Crippen molar-refractivity contribution < 1.29 is 4.42 Å². The van der Waals surface area contributed by atoms with E-state index in [2.05, 4.69) is 165 Å². The molecule has 4 heterocycles. The summed E-state index contributed by atoms with van der Waals surface area (Å²) >= 11 is 0. The molecule has 66 heavy (non-hydrogen) atoms. The van der Waals surface area contributed by atoms with E-state index < -0.39 is 0 Å². The molecule has 0 spiro atoms. The van der Waals surface area contributed by atoms with Crippen LogP contribution in [0.4, 0.5) is 0 Å². The molecule has 7 aliphatic carbocycles. The Bertz CT molecular complexity index is 3120. The van der Waals surface area contributed by atoms with Gasteiger partial charge in [-0.25, -0.2) is 4.99 Å². The molecule has 0 radical (unpaired) electrons. The van der Waals surface area contributed by atoms with E-state index in [0.29, 0.717) is 23.5 Å². The molecule has 5 unspecified atom stereocenters. The number of hydrogen-bond acceptors (Lipinski definition) is 4. The van der Waals surface area contributed by atoms with Crippen LogP contribution in [0.15, 0.2) is 202 Å². The van der Waals surface area contributed by atoms with Gasteiger partial charge in [-0.1, -0.05) is 159 Å². The van der Waals surface area contributed by atoms with Crippen LogP contribution in [0, 0.1) is 23.7 Å². The molecular weight excluding hydrogens is 803 g/mol. The normalized spacial score (nSPS) is 28.2. The highest BCUT2D eigenvalue weighted by atomic mass is 16.3. The zero-order valence-corrected chi connectivity index (χ0v) is 37.9. The van der Waals surface area contributed by atoms with Gasteiger partial charge in [-0.3, -0.25) is 4.98 Å². The van der Waals surface area contributed by atoms with Crippen LogP contribution in [0.3, 0.4) is 0 Å². The number of pyridine rings is 1. The average Bonchev–Trinajstić information content (AvgIpc) is 3.75. The first-order chi connectivity index (χ1) is 32.4. The molecule has 324 valence electrons. The molecule has 0 saturated heterocycles. The Morgan fingerprint density at radius 3 is 2.64 bits per heavy atom. The highest BCUT2D eigenvalue weighted by Crippen LogP contribution is 2.57. The molecule has 3 aromatic rings. The van der Waals surface area contributed by atoms with Crippen LogP contribution in [0.2, 0.25) is 0 Å². The standard InChI is InChI=1S/C62H55N3O/c1-5-14-40(15-6-2)54-19-9-7-8-16-45-36-47(37-63-59(45)38(3)64-54)48-30-28-41-24-27-43-34-46(35-44-29-31-50(48)58(41)57(43)44)39-22-25-42(26-23-39)60-53-33-32-51-49-17-10-13-21-56(49)66-61(51)62(53,4)52-18-11-12-20-55(52)65-60/h5-6,8-11,14-19,22-28,30-37,44,53,57-58,60,65H,1,3,7,12-13,20-21,29H2,2,4H3/b15-6-,16-8-,19-9?,40-14+,64-54?/t44?,53?,57?,58?,60?,62-/m0/s1. The number of fused-ring (bicyclic) bond motifs is 7. The second kappa shape index (κ2) is 16.1. The number of aliphatic imine (C=N–C) groups is 1. The minimum Gasteiger partial charge on any atom is -0.464 e. The van der Waals surface area contributed by atoms with Crippen molar-refractivity contribution in [3.63, 3.8) is 0 Å². The summed E-state index contributed by atoms with van der Waals surface area (Å²) in [5, 5.41) is 4.07. The predicted molar refractivity (Wildman–Crippen MR) is 275 cm³/mol. The van der Waals surface area contributed by atoms with E-state index in [4.69, 9.17) is 14.4 Å². The molecular formula is C62H55N3O. The van der Waals surface area contributed by atoms with Gasteiger partial charge in [0.1, 0.15) is 11.5 Å². The molecule has 2 aliphatic heterocycles. The highest BCUT2D eigenvalue weighted by Gasteiger charge is 2.52. The molecule has 4 heteroatoms. The molecule has 2 aromatic heterocycles. The molecule has 0 amide bonds. The van der Waals surface area contributed by atoms with Gasteiger partial charge in [0, 0.05) is 58.3 Å². The molecule has 1 aromatic carbocycles. The first kappa shape index (κ1) is 40.5. The lowest BCUT2D eigenvalue weighted by Gasteiger charge is -2.49. The van der Waals surface area contributed by atoms with Crippen LogP contribution < -0.4 is 5.32 Å². The molecule has 6 atom stereocenters. The minimum absolute atomic E-state index is 0.143. The van der Waals surface area contributed by atoms with E-state index in [-0.39, 0.29) is 17.4 Å². The number of rotatable bonds is 6. The number of nitrogens with zero attached hydrogens (tertiary/aromatic N) is 2. The zero-order chi connectivity index (χ0) is 44.5. The second-order valence-corrected chi connectivity index (χ2v) is 19.2. The Labute approximate surface area is 389 Å². The largest absolute Gasteiger partial charge is 0.464 e. The second-order valence-electron chi connectivity index (χ2n) is 19.2. The number of allylic oxidation sites excluding steroid dienone is 25. The molecule has 0 fully saturated rings. The van der Waals surface area contributed by atoms with Gasteiger partial charge in [-0.2, -0.15) is 0 Å². The van der Waals surface area contributed by atoms with Gasteiger partial charge < -0.3 is 9.73 Å². The van der Waals surface area contributed by atoms with Gasteiger partial charge in [0.05, 0.1) is 28.6 Å². The summed E-state index contributed by atoms with van der Waals surface area (Å²) in [7, 11) is 0. The summed E-state index contributed by atoms with van der Waals surface area (Å²) in [5.74, 6) is 3.62. The van der Waals surface area contributed by atoms with Crippen LogP contribution in [0.5, 0.6) is 0 Å². The SMILES string of the molecule is C=C/C=C(\C=C/C)C1=NC(=C)c2ncc(C3=CC=C4C=CC5=CC(c6ccc(C7NC8=C(C=CCC8)[C@]8(C)c9oc%10c(c9C=CC78)C=CCC%10)cc6)=CC6CC=C3C4C56)cc2/C=C\CC=C1. The predicted octanol–water partition coefficient (Wildman–Crippen LogP) is 14.7. The molecule has 0 bridgehead atoms. The summed E-state index contributed by atoms with van der Waals surface area (Å²) in [4.78, 5) is 10.1. The van der Waals surface area contributed by atoms with E-state index in [1.807, 2.05) is 25.3 Å². The molecule has 9 aliphatic rings. The number of furan rings is 1. The van der Waals surface area contributed by atoms with Crippen molar-refractivity contribution in [1.82, 2.24) is 10.3 Å². The smallest absolute Gasteiger partial charge is 0.123 e. The van der Waals surface area contributed by atoms with Crippen LogP contribution in [0.25, 0.3) is 35.1 Å². The topological polar surface area (TPSA) is 50.4 Å². The van der Waals surface area contributed by atoms with Crippen molar-refractivity contribution in [3.8, 4) is 0 Å². The first-order valence-electron chi connectivity index (χ1n) is 24.0. The number of benzene rings is 1. The maximum Gasteiger partial charge on any atom is 0.123 e. The van der Waals surface area contributed by atoms with Crippen LogP contribution >= 0.6 is 0 Å². The Kier molecular flexibility index (Phi) is 9.89. The number of aromatic nitrogens is 1. The van der Waals surface area contributed by atoms with Crippen LogP contribution in [-0.2, 0) is 11.8 Å². The van der Waals surface area contributed by atoms with Gasteiger partial charge in [-0.05, 0) is 114 Å². The Balaban J connectivity index is 0.829. The van der Waals surface area contributed by atoms with Crippen LogP contribution in [0.1, 0.15) is 103 Å². The fourth-order valence-corrected chi connectivity index (χ4v) is 12.4. The maximum atomic E-state index is 6.87.